The van der Waals surface area contributed by atoms with Crippen LogP contribution >= 0.6 is 0 Å². The van der Waals surface area contributed by atoms with Gasteiger partial charge in [-0.15, -0.1) is 0 Å². The fourth-order valence-electron chi connectivity index (χ4n) is 4.37. The average molecular weight is 346 g/mol. The molecule has 2 aliphatic rings. The number of rotatable bonds is 6. The second kappa shape index (κ2) is 8.13. The summed E-state index contributed by atoms with van der Waals surface area (Å²) in [5.74, 6) is 0.583. The Morgan fingerprint density at radius 1 is 1.24 bits per heavy atom. The number of likely N-dealkylation sites (tertiary alicyclic amines) is 1. The SMILES string of the molecule is CCc1n[nH]c(=O)c(C(=O)N[C@@H]2CCN(CC3CCCC3)C2)c1CC. The molecule has 0 unspecified atom stereocenters. The molecule has 0 radical (unpaired) electrons. The van der Waals surface area contributed by atoms with E-state index in [2.05, 4.69) is 20.4 Å². The highest BCUT2D eigenvalue weighted by atomic mass is 16.2. The number of aromatic nitrogens is 2. The molecule has 6 heteroatoms. The van der Waals surface area contributed by atoms with E-state index in [9.17, 15) is 9.59 Å². The van der Waals surface area contributed by atoms with Crippen molar-refractivity contribution in [2.45, 2.75) is 64.8 Å². The first-order valence-electron chi connectivity index (χ1n) is 9.76. The predicted octanol–water partition coefficient (Wildman–Crippen LogP) is 1.89. The molecular formula is C19H30N4O2. The molecule has 1 aromatic heterocycles. The van der Waals surface area contributed by atoms with Crippen LogP contribution in [-0.2, 0) is 12.8 Å². The first-order valence-corrected chi connectivity index (χ1v) is 9.76. The van der Waals surface area contributed by atoms with Crippen molar-refractivity contribution >= 4 is 5.91 Å². The Labute approximate surface area is 149 Å². The van der Waals surface area contributed by atoms with Crippen LogP contribution in [-0.4, -0.2) is 46.7 Å². The molecule has 2 N–H and O–H groups in total. The Bertz CT molecular complexity index is 664. The third-order valence-electron chi connectivity index (χ3n) is 5.68. The molecule has 1 aromatic rings. The molecular weight excluding hydrogens is 316 g/mol. The lowest BCUT2D eigenvalue weighted by Gasteiger charge is -2.20. The number of nitrogens with one attached hydrogen (secondary N) is 2. The largest absolute Gasteiger partial charge is 0.348 e. The van der Waals surface area contributed by atoms with Crippen molar-refractivity contribution in [3.8, 4) is 0 Å². The molecule has 0 bridgehead atoms. The van der Waals surface area contributed by atoms with Gasteiger partial charge < -0.3 is 10.2 Å². The first-order chi connectivity index (χ1) is 12.1. The van der Waals surface area contributed by atoms with Crippen LogP contribution in [0.3, 0.4) is 0 Å². The molecule has 1 aliphatic heterocycles. The summed E-state index contributed by atoms with van der Waals surface area (Å²) in [5, 5.41) is 9.65. The van der Waals surface area contributed by atoms with Crippen LogP contribution in [0.5, 0.6) is 0 Å². The van der Waals surface area contributed by atoms with Gasteiger partial charge >= 0.3 is 0 Å². The summed E-state index contributed by atoms with van der Waals surface area (Å²) < 4.78 is 0. The third-order valence-corrected chi connectivity index (χ3v) is 5.68. The van der Waals surface area contributed by atoms with E-state index in [0.717, 1.165) is 43.2 Å². The van der Waals surface area contributed by atoms with Crippen LogP contribution < -0.4 is 10.9 Å². The molecule has 2 fully saturated rings. The van der Waals surface area contributed by atoms with Crippen LogP contribution in [0.25, 0.3) is 0 Å². The summed E-state index contributed by atoms with van der Waals surface area (Å²) >= 11 is 0. The van der Waals surface area contributed by atoms with E-state index in [1.54, 1.807) is 0 Å². The van der Waals surface area contributed by atoms with Crippen molar-refractivity contribution < 1.29 is 4.79 Å². The van der Waals surface area contributed by atoms with E-state index < -0.39 is 0 Å². The predicted molar refractivity (Wildman–Crippen MR) is 97.9 cm³/mol. The standard InChI is InChI=1S/C19H30N4O2/c1-3-15-16(4-2)21-22-19(25)17(15)18(24)20-14-9-10-23(12-14)11-13-7-5-6-8-13/h13-14H,3-12H2,1-2H3,(H,20,24)(H,22,25)/t14-/m1/s1. The molecule has 2 heterocycles. The summed E-state index contributed by atoms with van der Waals surface area (Å²) in [4.78, 5) is 27.4. The quantitative estimate of drug-likeness (QED) is 0.824. The Morgan fingerprint density at radius 3 is 2.68 bits per heavy atom. The molecule has 138 valence electrons. The van der Waals surface area contributed by atoms with Gasteiger partial charge in [0.15, 0.2) is 0 Å². The van der Waals surface area contributed by atoms with Gasteiger partial charge in [0.1, 0.15) is 5.56 Å². The van der Waals surface area contributed by atoms with Crippen LogP contribution in [0.1, 0.15) is 67.6 Å². The minimum Gasteiger partial charge on any atom is -0.348 e. The highest BCUT2D eigenvalue weighted by Crippen LogP contribution is 2.26. The number of H-pyrrole nitrogens is 1. The lowest BCUT2D eigenvalue weighted by molar-refractivity contribution is 0.0934. The summed E-state index contributed by atoms with van der Waals surface area (Å²) in [5.41, 5.74) is 1.46. The zero-order chi connectivity index (χ0) is 17.8. The van der Waals surface area contributed by atoms with Crippen LogP contribution in [0.4, 0.5) is 0 Å². The molecule has 1 saturated heterocycles. The van der Waals surface area contributed by atoms with E-state index in [1.807, 2.05) is 13.8 Å². The Balaban J connectivity index is 1.64. The van der Waals surface area contributed by atoms with Gasteiger partial charge in [-0.3, -0.25) is 9.59 Å². The van der Waals surface area contributed by atoms with Gasteiger partial charge in [-0.25, -0.2) is 5.10 Å². The number of hydrogen-bond donors (Lipinski definition) is 2. The van der Waals surface area contributed by atoms with Crippen LogP contribution in [0.2, 0.25) is 0 Å². The molecule has 1 saturated carbocycles. The van der Waals surface area contributed by atoms with Gasteiger partial charge in [0.2, 0.25) is 0 Å². The number of carbonyl (C=O) groups is 1. The Morgan fingerprint density at radius 2 is 2.00 bits per heavy atom. The van der Waals surface area contributed by atoms with Crippen LogP contribution in [0, 0.1) is 5.92 Å². The lowest BCUT2D eigenvalue weighted by Crippen LogP contribution is -2.41. The molecule has 25 heavy (non-hydrogen) atoms. The smallest absolute Gasteiger partial charge is 0.277 e. The fourth-order valence-corrected chi connectivity index (χ4v) is 4.37. The second-order valence-electron chi connectivity index (χ2n) is 7.43. The number of amides is 1. The number of nitrogens with zero attached hydrogens (tertiary/aromatic N) is 2. The third kappa shape index (κ3) is 4.11. The van der Waals surface area contributed by atoms with Gasteiger partial charge in [-0.2, -0.15) is 5.10 Å². The van der Waals surface area contributed by atoms with Crippen molar-refractivity contribution in [3.63, 3.8) is 0 Å². The normalized spacial score (nSPS) is 21.8. The maximum Gasteiger partial charge on any atom is 0.277 e. The molecule has 0 aromatic carbocycles. The van der Waals surface area contributed by atoms with Crippen molar-refractivity contribution in [1.82, 2.24) is 20.4 Å². The monoisotopic (exact) mass is 346 g/mol. The number of aromatic amines is 1. The zero-order valence-corrected chi connectivity index (χ0v) is 15.4. The summed E-state index contributed by atoms with van der Waals surface area (Å²) in [6.45, 7) is 7.04. The van der Waals surface area contributed by atoms with Gasteiger partial charge in [-0.1, -0.05) is 26.7 Å². The fraction of sp³-hybridized carbons (Fsp3) is 0.737. The van der Waals surface area contributed by atoms with E-state index >= 15 is 0 Å². The molecule has 3 rings (SSSR count). The van der Waals surface area contributed by atoms with E-state index in [4.69, 9.17) is 0 Å². The van der Waals surface area contributed by atoms with E-state index in [0.29, 0.717) is 12.8 Å². The number of aryl methyl sites for hydroxylation is 1. The summed E-state index contributed by atoms with van der Waals surface area (Å²) in [6, 6.07) is 0.135. The van der Waals surface area contributed by atoms with Crippen molar-refractivity contribution in [1.29, 1.82) is 0 Å². The van der Waals surface area contributed by atoms with Gasteiger partial charge in [0.05, 0.1) is 5.69 Å². The highest BCUT2D eigenvalue weighted by Gasteiger charge is 2.28. The van der Waals surface area contributed by atoms with Crippen molar-refractivity contribution in [2.75, 3.05) is 19.6 Å². The molecule has 0 spiro atoms. The molecule has 1 amide bonds. The maximum atomic E-state index is 12.7. The zero-order valence-electron chi connectivity index (χ0n) is 15.4. The van der Waals surface area contributed by atoms with Crippen molar-refractivity contribution in [3.05, 3.63) is 27.2 Å². The maximum absolute atomic E-state index is 12.7. The number of carbonyl (C=O) groups excluding carboxylic acids is 1. The van der Waals surface area contributed by atoms with Crippen molar-refractivity contribution in [2.24, 2.45) is 5.92 Å². The van der Waals surface area contributed by atoms with Gasteiger partial charge in [0, 0.05) is 25.7 Å². The second-order valence-corrected chi connectivity index (χ2v) is 7.43. The van der Waals surface area contributed by atoms with Gasteiger partial charge in [0.25, 0.3) is 11.5 Å². The lowest BCUT2D eigenvalue weighted by atomic mass is 10.0. The Hall–Kier alpha value is -1.69. The topological polar surface area (TPSA) is 78.1 Å². The summed E-state index contributed by atoms with van der Waals surface area (Å²) in [7, 11) is 0. The molecule has 1 aliphatic carbocycles. The van der Waals surface area contributed by atoms with Crippen LogP contribution in [0.15, 0.2) is 4.79 Å². The molecule has 6 nitrogen and oxygen atoms in total. The van der Waals surface area contributed by atoms with Gasteiger partial charge in [-0.05, 0) is 43.6 Å². The van der Waals surface area contributed by atoms with E-state index in [-0.39, 0.29) is 23.1 Å². The minimum absolute atomic E-state index is 0.135. The average Bonchev–Trinajstić information content (AvgIpc) is 3.26. The summed E-state index contributed by atoms with van der Waals surface area (Å²) in [6.07, 6.45) is 7.73. The minimum atomic E-state index is -0.382. The first kappa shape index (κ1) is 18.1. The number of hydrogen-bond acceptors (Lipinski definition) is 4. The van der Waals surface area contributed by atoms with E-state index in [1.165, 1.54) is 25.7 Å². The molecule has 1 atom stereocenters. The highest BCUT2D eigenvalue weighted by molar-refractivity contribution is 5.95. The Kier molecular flexibility index (Phi) is 5.89.